The van der Waals surface area contributed by atoms with Gasteiger partial charge in [-0.25, -0.2) is 14.8 Å². The van der Waals surface area contributed by atoms with Gasteiger partial charge in [-0.15, -0.1) is 0 Å². The second kappa shape index (κ2) is 9.22. The number of ether oxygens (including phenoxy) is 1. The summed E-state index contributed by atoms with van der Waals surface area (Å²) in [5.74, 6) is -0.826. The molecule has 0 radical (unpaired) electrons. The number of nitrogens with zero attached hydrogens (tertiary/aromatic N) is 3. The molecule has 6 nitrogen and oxygen atoms in total. The van der Waals surface area contributed by atoms with Crippen LogP contribution in [0.3, 0.4) is 0 Å². The van der Waals surface area contributed by atoms with E-state index in [2.05, 4.69) is 9.73 Å². The van der Waals surface area contributed by atoms with Gasteiger partial charge in [0.15, 0.2) is 0 Å². The Kier molecular flexibility index (Phi) is 6.03. The Morgan fingerprint density at radius 2 is 1.44 bits per heavy atom. The van der Waals surface area contributed by atoms with E-state index in [1.807, 2.05) is 66.7 Å². The van der Waals surface area contributed by atoms with Crippen LogP contribution in [0.4, 0.5) is 5.69 Å². The zero-order valence-corrected chi connectivity index (χ0v) is 17.7. The van der Waals surface area contributed by atoms with Gasteiger partial charge in [0.2, 0.25) is 0 Å². The lowest BCUT2D eigenvalue weighted by Gasteiger charge is -2.11. The molecule has 4 rings (SSSR count). The number of hydrogen-bond acceptors (Lipinski definition) is 6. The number of aromatic nitrogens is 2. The molecule has 0 aliphatic carbocycles. The van der Waals surface area contributed by atoms with Crippen molar-refractivity contribution in [2.24, 2.45) is 4.99 Å². The smallest absolute Gasteiger partial charge is 0.342 e. The normalized spacial score (nSPS) is 12.1. The fraction of sp³-hybridized carbons (Fsp3) is 0.0769. The predicted molar refractivity (Wildman–Crippen MR) is 126 cm³/mol. The molecule has 0 saturated carbocycles. The summed E-state index contributed by atoms with van der Waals surface area (Å²) in [7, 11) is 1.25. The van der Waals surface area contributed by atoms with E-state index in [0.29, 0.717) is 11.2 Å². The lowest BCUT2D eigenvalue weighted by Crippen LogP contribution is -2.08. The molecule has 0 saturated heterocycles. The Balaban J connectivity index is 1.83. The first-order chi connectivity index (χ1) is 15.6. The van der Waals surface area contributed by atoms with Gasteiger partial charge in [0.25, 0.3) is 0 Å². The Bertz CT molecular complexity index is 1330. The predicted octanol–water partition coefficient (Wildman–Crippen LogP) is 5.67. The van der Waals surface area contributed by atoms with Gasteiger partial charge in [0.05, 0.1) is 35.2 Å². The maximum absolute atomic E-state index is 11.8. The van der Waals surface area contributed by atoms with Gasteiger partial charge in [0.1, 0.15) is 11.3 Å². The van der Waals surface area contributed by atoms with Crippen molar-refractivity contribution in [3.8, 4) is 22.5 Å². The molecule has 0 unspecified atom stereocenters. The van der Waals surface area contributed by atoms with E-state index in [1.165, 1.54) is 20.2 Å². The molecule has 0 amide bonds. The van der Waals surface area contributed by atoms with Crippen molar-refractivity contribution in [3.63, 3.8) is 0 Å². The van der Waals surface area contributed by atoms with Crippen molar-refractivity contribution in [2.45, 2.75) is 6.92 Å². The molecule has 3 aromatic carbocycles. The summed E-state index contributed by atoms with van der Waals surface area (Å²) >= 11 is 0. The second-order valence-electron chi connectivity index (χ2n) is 7.07. The minimum absolute atomic E-state index is 0.0110. The number of carbonyl (C=O) groups excluding carboxylic acids is 1. The third kappa shape index (κ3) is 4.39. The number of aliphatic hydroxyl groups is 1. The lowest BCUT2D eigenvalue weighted by molar-refractivity contribution is -0.135. The Hall–Kier alpha value is -4.32. The number of hydrogen-bond donors (Lipinski definition) is 1. The minimum Gasteiger partial charge on any atom is -0.512 e. The molecule has 1 N–H and O–H groups in total. The summed E-state index contributed by atoms with van der Waals surface area (Å²) in [5, 5.41) is 9.73. The molecule has 0 fully saturated rings. The highest BCUT2D eigenvalue weighted by molar-refractivity contribution is 6.10. The number of fused-ring (bicyclic) bond motifs is 1. The van der Waals surface area contributed by atoms with Crippen LogP contribution in [0, 0.1) is 0 Å². The maximum Gasteiger partial charge on any atom is 0.342 e. The lowest BCUT2D eigenvalue weighted by atomic mass is 10.0. The molecule has 1 heterocycles. The van der Waals surface area contributed by atoms with Crippen LogP contribution in [0.2, 0.25) is 0 Å². The fourth-order valence-electron chi connectivity index (χ4n) is 3.26. The van der Waals surface area contributed by atoms with Crippen molar-refractivity contribution in [3.05, 3.63) is 90.2 Å². The number of methoxy groups -OCH3 is 1. The number of aliphatic hydroxyl groups excluding tert-OH is 1. The number of benzene rings is 3. The second-order valence-corrected chi connectivity index (χ2v) is 7.07. The van der Waals surface area contributed by atoms with E-state index in [9.17, 15) is 9.90 Å². The summed E-state index contributed by atoms with van der Waals surface area (Å²) in [6.45, 7) is 1.40. The molecule has 0 bridgehead atoms. The van der Waals surface area contributed by atoms with E-state index in [0.717, 1.165) is 28.0 Å². The third-order valence-electron chi connectivity index (χ3n) is 4.88. The standard InChI is InChI=1S/C26H21N3O3/c1-17(30)21(26(31)32-2)16-27-20-13-14-22-23(15-20)29-25(19-11-7-4-8-12-19)24(28-22)18-9-5-3-6-10-18/h3-16,30H,1-2H3/b21-17+,27-16?. The first-order valence-electron chi connectivity index (χ1n) is 10.0. The van der Waals surface area contributed by atoms with Crippen molar-refractivity contribution >= 4 is 28.9 Å². The molecule has 158 valence electrons. The fourth-order valence-corrected chi connectivity index (χ4v) is 3.26. The highest BCUT2D eigenvalue weighted by Gasteiger charge is 2.14. The van der Waals surface area contributed by atoms with Crippen molar-refractivity contribution in [1.29, 1.82) is 0 Å². The average Bonchev–Trinajstić information content (AvgIpc) is 2.84. The largest absolute Gasteiger partial charge is 0.512 e. The van der Waals surface area contributed by atoms with Crippen LogP contribution in [-0.4, -0.2) is 34.4 Å². The molecule has 0 atom stereocenters. The van der Waals surface area contributed by atoms with Crippen LogP contribution in [-0.2, 0) is 9.53 Å². The van der Waals surface area contributed by atoms with Gasteiger partial charge >= 0.3 is 5.97 Å². The molecule has 6 heteroatoms. The van der Waals surface area contributed by atoms with E-state index >= 15 is 0 Å². The van der Waals surface area contributed by atoms with Crippen LogP contribution in [0.1, 0.15) is 6.92 Å². The topological polar surface area (TPSA) is 84.7 Å². The Labute approximate surface area is 185 Å². The SMILES string of the molecule is COC(=O)/C(C=Nc1ccc2nc(-c3ccccc3)c(-c3ccccc3)nc2c1)=C(\C)O. The van der Waals surface area contributed by atoms with Crippen LogP contribution < -0.4 is 0 Å². The summed E-state index contributed by atoms with van der Waals surface area (Å²) < 4.78 is 4.68. The summed E-state index contributed by atoms with van der Waals surface area (Å²) in [6.07, 6.45) is 1.28. The Morgan fingerprint density at radius 1 is 0.875 bits per heavy atom. The quantitative estimate of drug-likeness (QED) is 0.193. The van der Waals surface area contributed by atoms with Gasteiger partial charge < -0.3 is 9.84 Å². The molecule has 32 heavy (non-hydrogen) atoms. The summed E-state index contributed by atoms with van der Waals surface area (Å²) in [4.78, 5) is 25.9. The third-order valence-corrected chi connectivity index (χ3v) is 4.88. The van der Waals surface area contributed by atoms with Gasteiger partial charge in [0, 0.05) is 17.3 Å². The average molecular weight is 423 g/mol. The number of carbonyl (C=O) groups is 1. The summed E-state index contributed by atoms with van der Waals surface area (Å²) in [5.41, 5.74) is 5.46. The first-order valence-corrected chi connectivity index (χ1v) is 10.0. The molecule has 0 spiro atoms. The van der Waals surface area contributed by atoms with Crippen LogP contribution in [0.15, 0.2) is 95.2 Å². The number of rotatable bonds is 5. The molecule has 0 aliphatic rings. The van der Waals surface area contributed by atoms with E-state index in [-0.39, 0.29) is 11.3 Å². The molecule has 4 aromatic rings. The van der Waals surface area contributed by atoms with E-state index in [1.54, 1.807) is 12.1 Å². The van der Waals surface area contributed by atoms with Gasteiger partial charge in [-0.1, -0.05) is 60.7 Å². The highest BCUT2D eigenvalue weighted by atomic mass is 16.5. The van der Waals surface area contributed by atoms with Crippen molar-refractivity contribution in [2.75, 3.05) is 7.11 Å². The highest BCUT2D eigenvalue weighted by Crippen LogP contribution is 2.31. The maximum atomic E-state index is 11.8. The molecular formula is C26H21N3O3. The van der Waals surface area contributed by atoms with E-state index < -0.39 is 5.97 Å². The van der Waals surface area contributed by atoms with Crippen LogP contribution in [0.5, 0.6) is 0 Å². The summed E-state index contributed by atoms with van der Waals surface area (Å²) in [6, 6.07) is 25.3. The zero-order valence-electron chi connectivity index (χ0n) is 17.7. The first kappa shape index (κ1) is 20.9. The molecular weight excluding hydrogens is 402 g/mol. The monoisotopic (exact) mass is 423 g/mol. The number of allylic oxidation sites excluding steroid dienone is 1. The van der Waals surface area contributed by atoms with Crippen molar-refractivity contribution < 1.29 is 14.6 Å². The van der Waals surface area contributed by atoms with Crippen molar-refractivity contribution in [1.82, 2.24) is 9.97 Å². The van der Waals surface area contributed by atoms with Crippen LogP contribution in [0.25, 0.3) is 33.5 Å². The van der Waals surface area contributed by atoms with Gasteiger partial charge in [-0.3, -0.25) is 4.99 Å². The Morgan fingerprint density at radius 3 is 1.97 bits per heavy atom. The van der Waals surface area contributed by atoms with Gasteiger partial charge in [-0.2, -0.15) is 0 Å². The molecule has 1 aromatic heterocycles. The number of esters is 1. The van der Waals surface area contributed by atoms with Crippen LogP contribution >= 0.6 is 0 Å². The van der Waals surface area contributed by atoms with Gasteiger partial charge in [-0.05, 0) is 25.1 Å². The molecule has 0 aliphatic heterocycles. The minimum atomic E-state index is -0.659. The number of aliphatic imine (C=N–C) groups is 1. The zero-order chi connectivity index (χ0) is 22.5. The van der Waals surface area contributed by atoms with E-state index in [4.69, 9.17) is 9.97 Å².